The van der Waals surface area contributed by atoms with Crippen LogP contribution in [0, 0.1) is 8.99 Å². The molecule has 1 saturated heterocycles. The molecule has 4 heteroatoms. The third kappa shape index (κ3) is 2.39. The molecular formula is C14H15ClINO. The average Bonchev–Trinajstić information content (AvgIpc) is 3.09. The Kier molecular flexibility index (Phi) is 3.30. The van der Waals surface area contributed by atoms with Gasteiger partial charge in [0, 0.05) is 22.3 Å². The highest BCUT2D eigenvalue weighted by Crippen LogP contribution is 2.54. The van der Waals surface area contributed by atoms with Crippen molar-refractivity contribution >= 4 is 45.1 Å². The van der Waals surface area contributed by atoms with Gasteiger partial charge in [0.2, 0.25) is 0 Å². The van der Waals surface area contributed by atoms with E-state index in [-0.39, 0.29) is 5.24 Å². The van der Waals surface area contributed by atoms with Crippen LogP contribution in [0.2, 0.25) is 0 Å². The van der Waals surface area contributed by atoms with Crippen molar-refractivity contribution in [3.05, 3.63) is 27.3 Å². The predicted molar refractivity (Wildman–Crippen MR) is 82.5 cm³/mol. The molecule has 2 aliphatic rings. The van der Waals surface area contributed by atoms with E-state index in [0.717, 1.165) is 22.3 Å². The zero-order valence-electron chi connectivity index (χ0n) is 10.1. The summed E-state index contributed by atoms with van der Waals surface area (Å²) in [5.74, 6) is 0. The van der Waals surface area contributed by atoms with E-state index in [0.29, 0.717) is 11.0 Å². The Morgan fingerprint density at radius 2 is 1.89 bits per heavy atom. The van der Waals surface area contributed by atoms with Gasteiger partial charge < -0.3 is 4.90 Å². The minimum Gasteiger partial charge on any atom is -0.371 e. The van der Waals surface area contributed by atoms with Crippen LogP contribution in [0.1, 0.15) is 36.0 Å². The molecule has 1 spiro atoms. The fraction of sp³-hybridized carbons (Fsp3) is 0.500. The highest BCUT2D eigenvalue weighted by atomic mass is 127. The van der Waals surface area contributed by atoms with Crippen LogP contribution in [0.3, 0.4) is 0 Å². The SMILES string of the molecule is O=C(Cl)c1ccc(I)cc1N1CCC2(CC1)CC2. The number of carbonyl (C=O) groups is 1. The van der Waals surface area contributed by atoms with E-state index in [9.17, 15) is 4.79 Å². The summed E-state index contributed by atoms with van der Waals surface area (Å²) in [6.45, 7) is 2.11. The summed E-state index contributed by atoms with van der Waals surface area (Å²) in [5.41, 5.74) is 2.31. The molecule has 0 amide bonds. The van der Waals surface area contributed by atoms with Gasteiger partial charge in [0.05, 0.1) is 5.56 Å². The van der Waals surface area contributed by atoms with Crippen LogP contribution in [0.4, 0.5) is 5.69 Å². The number of piperidine rings is 1. The maximum absolute atomic E-state index is 11.5. The van der Waals surface area contributed by atoms with Crippen molar-refractivity contribution in [2.24, 2.45) is 5.41 Å². The lowest BCUT2D eigenvalue weighted by atomic mass is 9.93. The summed E-state index contributed by atoms with van der Waals surface area (Å²) in [6, 6.07) is 5.85. The van der Waals surface area contributed by atoms with Crippen molar-refractivity contribution in [1.29, 1.82) is 0 Å². The van der Waals surface area contributed by atoms with Crippen LogP contribution in [0.5, 0.6) is 0 Å². The maximum Gasteiger partial charge on any atom is 0.254 e. The Hall–Kier alpha value is -0.290. The largest absolute Gasteiger partial charge is 0.371 e. The summed E-state index contributed by atoms with van der Waals surface area (Å²) in [4.78, 5) is 13.8. The van der Waals surface area contributed by atoms with E-state index < -0.39 is 0 Å². The lowest BCUT2D eigenvalue weighted by Gasteiger charge is -2.34. The van der Waals surface area contributed by atoms with Gasteiger partial charge in [-0.15, -0.1) is 0 Å². The zero-order valence-corrected chi connectivity index (χ0v) is 13.0. The number of nitrogens with zero attached hydrogens (tertiary/aromatic N) is 1. The molecule has 0 radical (unpaired) electrons. The van der Waals surface area contributed by atoms with Crippen LogP contribution in [-0.4, -0.2) is 18.3 Å². The Bertz CT molecular complexity index is 489. The quantitative estimate of drug-likeness (QED) is 0.574. The van der Waals surface area contributed by atoms with Crippen molar-refractivity contribution in [2.45, 2.75) is 25.7 Å². The lowest BCUT2D eigenvalue weighted by Crippen LogP contribution is -2.35. The molecule has 0 aromatic heterocycles. The number of carbonyl (C=O) groups excluding carboxylic acids is 1. The van der Waals surface area contributed by atoms with Crippen LogP contribution in [0.25, 0.3) is 0 Å². The molecule has 1 heterocycles. The van der Waals surface area contributed by atoms with E-state index in [1.54, 1.807) is 0 Å². The summed E-state index contributed by atoms with van der Waals surface area (Å²) in [7, 11) is 0. The second kappa shape index (κ2) is 4.67. The Balaban J connectivity index is 1.86. The summed E-state index contributed by atoms with van der Waals surface area (Å²) >= 11 is 7.96. The summed E-state index contributed by atoms with van der Waals surface area (Å²) in [6.07, 6.45) is 5.31. The van der Waals surface area contributed by atoms with Gasteiger partial charge in [-0.2, -0.15) is 0 Å². The molecule has 1 aliphatic heterocycles. The molecule has 96 valence electrons. The van der Waals surface area contributed by atoms with E-state index in [4.69, 9.17) is 11.6 Å². The third-order valence-electron chi connectivity index (χ3n) is 4.29. The fourth-order valence-electron chi connectivity index (χ4n) is 2.83. The van der Waals surface area contributed by atoms with E-state index in [1.807, 2.05) is 12.1 Å². The van der Waals surface area contributed by atoms with E-state index in [1.165, 1.54) is 25.7 Å². The number of hydrogen-bond acceptors (Lipinski definition) is 2. The minimum atomic E-state index is -0.354. The van der Waals surface area contributed by atoms with Crippen LogP contribution < -0.4 is 4.90 Å². The van der Waals surface area contributed by atoms with E-state index in [2.05, 4.69) is 33.6 Å². The number of rotatable bonds is 2. The van der Waals surface area contributed by atoms with Crippen molar-refractivity contribution < 1.29 is 4.79 Å². The van der Waals surface area contributed by atoms with Gasteiger partial charge in [-0.05, 0) is 83.5 Å². The van der Waals surface area contributed by atoms with Gasteiger partial charge >= 0.3 is 0 Å². The molecule has 1 aromatic rings. The molecule has 1 aromatic carbocycles. The molecule has 2 nitrogen and oxygen atoms in total. The summed E-state index contributed by atoms with van der Waals surface area (Å²) < 4.78 is 1.15. The zero-order chi connectivity index (χ0) is 12.8. The van der Waals surface area contributed by atoms with Crippen molar-refractivity contribution in [3.63, 3.8) is 0 Å². The Morgan fingerprint density at radius 3 is 2.44 bits per heavy atom. The smallest absolute Gasteiger partial charge is 0.254 e. The van der Waals surface area contributed by atoms with Crippen molar-refractivity contribution in [3.8, 4) is 0 Å². The summed E-state index contributed by atoms with van der Waals surface area (Å²) in [5, 5.41) is -0.354. The van der Waals surface area contributed by atoms with Crippen LogP contribution >= 0.6 is 34.2 Å². The van der Waals surface area contributed by atoms with Gasteiger partial charge in [0.25, 0.3) is 5.24 Å². The van der Waals surface area contributed by atoms with Crippen LogP contribution in [0.15, 0.2) is 18.2 Å². The molecule has 1 saturated carbocycles. The first-order valence-electron chi connectivity index (χ1n) is 6.34. The molecule has 3 rings (SSSR count). The molecule has 1 aliphatic carbocycles. The lowest BCUT2D eigenvalue weighted by molar-refractivity contribution is 0.108. The predicted octanol–water partition coefficient (Wildman–Crippen LogP) is 4.05. The molecule has 0 atom stereocenters. The normalized spacial score (nSPS) is 21.1. The van der Waals surface area contributed by atoms with Gasteiger partial charge in [-0.1, -0.05) is 0 Å². The average molecular weight is 376 g/mol. The van der Waals surface area contributed by atoms with Crippen LogP contribution in [-0.2, 0) is 0 Å². The molecule has 0 bridgehead atoms. The van der Waals surface area contributed by atoms with Crippen molar-refractivity contribution in [2.75, 3.05) is 18.0 Å². The topological polar surface area (TPSA) is 20.3 Å². The van der Waals surface area contributed by atoms with Crippen molar-refractivity contribution in [1.82, 2.24) is 0 Å². The number of halogens is 2. The van der Waals surface area contributed by atoms with E-state index >= 15 is 0 Å². The number of anilines is 1. The molecule has 0 N–H and O–H groups in total. The second-order valence-corrected chi connectivity index (χ2v) is 7.01. The first-order chi connectivity index (χ1) is 8.60. The Morgan fingerprint density at radius 1 is 1.22 bits per heavy atom. The standard InChI is InChI=1S/C14H15ClINO/c15-13(18)11-2-1-10(16)9-12(11)17-7-5-14(3-4-14)6-8-17/h1-2,9H,3-8H2. The molecule has 0 unspecified atom stereocenters. The minimum absolute atomic E-state index is 0.354. The first kappa shape index (κ1) is 12.7. The highest BCUT2D eigenvalue weighted by molar-refractivity contribution is 14.1. The number of benzene rings is 1. The maximum atomic E-state index is 11.5. The van der Waals surface area contributed by atoms with Gasteiger partial charge in [0.15, 0.2) is 0 Å². The fourth-order valence-corrected chi connectivity index (χ4v) is 3.47. The molecule has 18 heavy (non-hydrogen) atoms. The molecular weight excluding hydrogens is 361 g/mol. The number of hydrogen-bond donors (Lipinski definition) is 0. The monoisotopic (exact) mass is 375 g/mol. The van der Waals surface area contributed by atoms with Gasteiger partial charge in [-0.3, -0.25) is 4.79 Å². The second-order valence-electron chi connectivity index (χ2n) is 5.42. The van der Waals surface area contributed by atoms with Gasteiger partial charge in [-0.25, -0.2) is 0 Å². The third-order valence-corrected chi connectivity index (χ3v) is 5.17. The first-order valence-corrected chi connectivity index (χ1v) is 7.80. The van der Waals surface area contributed by atoms with Gasteiger partial charge in [0.1, 0.15) is 0 Å². The molecule has 2 fully saturated rings. The highest BCUT2D eigenvalue weighted by Gasteiger charge is 2.44. The Labute approximate surface area is 126 Å².